The number of carbonyl (C=O) groups is 1. The second kappa shape index (κ2) is 7.10. The first-order chi connectivity index (χ1) is 9.02. The van der Waals surface area contributed by atoms with Gasteiger partial charge < -0.3 is 4.74 Å². The van der Waals surface area contributed by atoms with Gasteiger partial charge in [-0.05, 0) is 31.5 Å². The lowest BCUT2D eigenvalue weighted by Crippen LogP contribution is -1.98. The molecule has 100 valence electrons. The summed E-state index contributed by atoms with van der Waals surface area (Å²) in [4.78, 5) is 21.2. The summed E-state index contributed by atoms with van der Waals surface area (Å²) in [5.74, 6) is -0.390. The molecule has 5 heteroatoms. The molecule has 0 fully saturated rings. The van der Waals surface area contributed by atoms with Crippen LogP contribution >= 0.6 is 0 Å². The first-order valence-corrected chi connectivity index (χ1v) is 5.80. The van der Waals surface area contributed by atoms with E-state index in [1.165, 1.54) is 18.2 Å². The van der Waals surface area contributed by atoms with E-state index in [1.807, 2.05) is 13.0 Å². The van der Waals surface area contributed by atoms with Crippen LogP contribution in [-0.4, -0.2) is 17.5 Å². The van der Waals surface area contributed by atoms with E-state index in [-0.39, 0.29) is 11.7 Å². The highest BCUT2D eigenvalue weighted by atomic mass is 16.6. The molecule has 19 heavy (non-hydrogen) atoms. The molecule has 0 aromatic heterocycles. The fraction of sp³-hybridized carbons (Fsp3) is 0.214. The Bertz CT molecular complexity index is 515. The molecule has 5 nitrogen and oxygen atoms in total. The Kier molecular flexibility index (Phi) is 5.47. The van der Waals surface area contributed by atoms with Crippen molar-refractivity contribution in [1.29, 1.82) is 0 Å². The molecule has 0 atom stereocenters. The van der Waals surface area contributed by atoms with Crippen molar-refractivity contribution in [3.05, 3.63) is 57.7 Å². The normalized spacial score (nSPS) is 11.6. The van der Waals surface area contributed by atoms with E-state index in [1.54, 1.807) is 25.1 Å². The number of hydrogen-bond donors (Lipinski definition) is 0. The fourth-order valence-electron chi connectivity index (χ4n) is 1.39. The lowest BCUT2D eigenvalue weighted by Gasteiger charge is -1.97. The molecule has 0 radical (unpaired) electrons. The number of nitrogens with zero attached hydrogens (tertiary/aromatic N) is 1. The van der Waals surface area contributed by atoms with Gasteiger partial charge in [-0.15, -0.1) is 0 Å². The molecule has 0 N–H and O–H groups in total. The summed E-state index contributed by atoms with van der Waals surface area (Å²) in [6.45, 7) is 3.91. The number of allylic oxidation sites excluding steroid dienone is 2. The molecule has 0 heterocycles. The molecular formula is C14H15NO4. The number of non-ortho nitro benzene ring substituents is 1. The van der Waals surface area contributed by atoms with E-state index in [0.29, 0.717) is 6.61 Å². The Balaban J connectivity index is 2.73. The Morgan fingerprint density at radius 3 is 2.47 bits per heavy atom. The van der Waals surface area contributed by atoms with Crippen LogP contribution in [-0.2, 0) is 9.53 Å². The van der Waals surface area contributed by atoms with Crippen molar-refractivity contribution >= 4 is 17.7 Å². The number of hydrogen-bond acceptors (Lipinski definition) is 4. The van der Waals surface area contributed by atoms with Crippen molar-refractivity contribution in [2.75, 3.05) is 6.61 Å². The zero-order valence-electron chi connectivity index (χ0n) is 10.8. The second-order valence-electron chi connectivity index (χ2n) is 3.82. The van der Waals surface area contributed by atoms with Crippen LogP contribution < -0.4 is 0 Å². The highest BCUT2D eigenvalue weighted by Gasteiger charge is 2.02. The molecule has 0 unspecified atom stereocenters. The molecule has 1 aromatic rings. The zero-order valence-corrected chi connectivity index (χ0v) is 10.8. The summed E-state index contributed by atoms with van der Waals surface area (Å²) in [6.07, 6.45) is 4.81. The number of nitro groups is 1. The molecule has 0 aliphatic rings. The van der Waals surface area contributed by atoms with Crippen LogP contribution in [0.3, 0.4) is 0 Å². The van der Waals surface area contributed by atoms with Crippen LogP contribution in [0, 0.1) is 10.1 Å². The summed E-state index contributed by atoms with van der Waals surface area (Å²) >= 11 is 0. The zero-order chi connectivity index (χ0) is 14.3. The topological polar surface area (TPSA) is 69.4 Å². The Labute approximate surface area is 111 Å². The van der Waals surface area contributed by atoms with Gasteiger partial charge in [0.05, 0.1) is 11.5 Å². The molecule has 1 rings (SSSR count). The maximum absolute atomic E-state index is 11.1. The van der Waals surface area contributed by atoms with Gasteiger partial charge in [-0.3, -0.25) is 10.1 Å². The summed E-state index contributed by atoms with van der Waals surface area (Å²) in [5, 5.41) is 10.5. The predicted octanol–water partition coefficient (Wildman–Crippen LogP) is 3.12. The van der Waals surface area contributed by atoms with E-state index >= 15 is 0 Å². The number of nitro benzene ring substituents is 1. The molecule has 0 amide bonds. The van der Waals surface area contributed by atoms with Crippen molar-refractivity contribution in [2.24, 2.45) is 0 Å². The number of esters is 1. The van der Waals surface area contributed by atoms with Gasteiger partial charge >= 0.3 is 5.97 Å². The van der Waals surface area contributed by atoms with Crippen molar-refractivity contribution in [1.82, 2.24) is 0 Å². The predicted molar refractivity (Wildman–Crippen MR) is 72.5 cm³/mol. The van der Waals surface area contributed by atoms with Gasteiger partial charge in [-0.25, -0.2) is 4.79 Å². The minimum atomic E-state index is -0.443. The summed E-state index contributed by atoms with van der Waals surface area (Å²) in [5.41, 5.74) is 1.73. The minimum absolute atomic E-state index is 0.0527. The third kappa shape index (κ3) is 5.16. The van der Waals surface area contributed by atoms with Crippen LogP contribution in [0.4, 0.5) is 5.69 Å². The van der Waals surface area contributed by atoms with E-state index in [9.17, 15) is 14.9 Å². The number of benzene rings is 1. The standard InChI is InChI=1S/C14H15NO4/c1-3-19-14(16)9-4-11(2)10-12-5-7-13(8-6-12)15(17)18/h4-10H,3H2,1-2H3. The largest absolute Gasteiger partial charge is 0.463 e. The van der Waals surface area contributed by atoms with Gasteiger partial charge in [0.1, 0.15) is 0 Å². The highest BCUT2D eigenvalue weighted by Crippen LogP contribution is 2.14. The van der Waals surface area contributed by atoms with Gasteiger partial charge in [0.15, 0.2) is 0 Å². The SMILES string of the molecule is CCOC(=O)C=CC(C)=Cc1ccc([N+](=O)[O-])cc1. The van der Waals surface area contributed by atoms with Crippen LogP contribution in [0.15, 0.2) is 42.0 Å². The van der Waals surface area contributed by atoms with E-state index in [0.717, 1.165) is 11.1 Å². The fourth-order valence-corrected chi connectivity index (χ4v) is 1.39. The van der Waals surface area contributed by atoms with Crippen molar-refractivity contribution in [2.45, 2.75) is 13.8 Å². The number of ether oxygens (including phenoxy) is 1. The average Bonchev–Trinajstić information content (AvgIpc) is 2.37. The van der Waals surface area contributed by atoms with Gasteiger partial charge in [0.25, 0.3) is 5.69 Å². The van der Waals surface area contributed by atoms with Crippen LogP contribution in [0.1, 0.15) is 19.4 Å². The lowest BCUT2D eigenvalue weighted by molar-refractivity contribution is -0.384. The van der Waals surface area contributed by atoms with Crippen LogP contribution in [0.25, 0.3) is 6.08 Å². The van der Waals surface area contributed by atoms with Gasteiger partial charge in [0.2, 0.25) is 0 Å². The molecule has 0 aliphatic carbocycles. The average molecular weight is 261 g/mol. The monoisotopic (exact) mass is 261 g/mol. The molecule has 0 spiro atoms. The van der Waals surface area contributed by atoms with E-state index < -0.39 is 4.92 Å². The Morgan fingerprint density at radius 1 is 1.32 bits per heavy atom. The molecule has 0 saturated heterocycles. The third-order valence-electron chi connectivity index (χ3n) is 2.27. The molecule has 1 aromatic carbocycles. The second-order valence-corrected chi connectivity index (χ2v) is 3.82. The van der Waals surface area contributed by atoms with Crippen molar-refractivity contribution < 1.29 is 14.5 Å². The maximum atomic E-state index is 11.1. The minimum Gasteiger partial charge on any atom is -0.463 e. The number of rotatable bonds is 5. The van der Waals surface area contributed by atoms with Crippen LogP contribution in [0.2, 0.25) is 0 Å². The highest BCUT2D eigenvalue weighted by molar-refractivity contribution is 5.82. The van der Waals surface area contributed by atoms with Crippen LogP contribution in [0.5, 0.6) is 0 Å². The molecule has 0 saturated carbocycles. The van der Waals surface area contributed by atoms with Gasteiger partial charge in [0, 0.05) is 18.2 Å². The summed E-state index contributed by atoms with van der Waals surface area (Å²) < 4.78 is 4.76. The number of carbonyl (C=O) groups excluding carboxylic acids is 1. The van der Waals surface area contributed by atoms with E-state index in [4.69, 9.17) is 4.74 Å². The molecule has 0 aliphatic heterocycles. The van der Waals surface area contributed by atoms with Gasteiger partial charge in [-0.1, -0.05) is 17.7 Å². The maximum Gasteiger partial charge on any atom is 0.330 e. The quantitative estimate of drug-likeness (QED) is 0.268. The van der Waals surface area contributed by atoms with Crippen molar-refractivity contribution in [3.63, 3.8) is 0 Å². The smallest absolute Gasteiger partial charge is 0.330 e. The summed E-state index contributed by atoms with van der Waals surface area (Å²) in [6, 6.07) is 6.18. The third-order valence-corrected chi connectivity index (χ3v) is 2.27. The first-order valence-electron chi connectivity index (χ1n) is 5.80. The lowest BCUT2D eigenvalue weighted by atomic mass is 10.1. The Hall–Kier alpha value is -2.43. The summed E-state index contributed by atoms with van der Waals surface area (Å²) in [7, 11) is 0. The molecule has 0 bridgehead atoms. The van der Waals surface area contributed by atoms with Crippen molar-refractivity contribution in [3.8, 4) is 0 Å². The van der Waals surface area contributed by atoms with E-state index in [2.05, 4.69) is 0 Å². The molecular weight excluding hydrogens is 246 g/mol. The Morgan fingerprint density at radius 2 is 1.95 bits per heavy atom. The first kappa shape index (κ1) is 14.6. The van der Waals surface area contributed by atoms with Gasteiger partial charge in [-0.2, -0.15) is 0 Å².